The van der Waals surface area contributed by atoms with E-state index < -0.39 is 17.9 Å². The Bertz CT molecular complexity index is 673. The molecule has 2 saturated heterocycles. The molecule has 2 aliphatic heterocycles. The van der Waals surface area contributed by atoms with Crippen molar-refractivity contribution in [1.29, 1.82) is 0 Å². The molecule has 3 rings (SSSR count). The van der Waals surface area contributed by atoms with Crippen molar-refractivity contribution < 1.29 is 19.2 Å². The fraction of sp³-hybridized carbons (Fsp3) is 0.438. The Morgan fingerprint density at radius 2 is 2.17 bits per heavy atom. The van der Waals surface area contributed by atoms with Crippen molar-refractivity contribution in [1.82, 2.24) is 15.6 Å². The van der Waals surface area contributed by atoms with Gasteiger partial charge < -0.3 is 15.0 Å². The number of anilines is 1. The lowest BCUT2D eigenvalue weighted by Crippen LogP contribution is -2.52. The van der Waals surface area contributed by atoms with Gasteiger partial charge in [0, 0.05) is 25.4 Å². The van der Waals surface area contributed by atoms with Crippen LogP contribution in [0.15, 0.2) is 18.3 Å². The smallest absolute Gasteiger partial charge is 0.270 e. The minimum Gasteiger partial charge on any atom is -0.370 e. The van der Waals surface area contributed by atoms with Gasteiger partial charge in [-0.05, 0) is 25.0 Å². The zero-order valence-corrected chi connectivity index (χ0v) is 13.0. The van der Waals surface area contributed by atoms with Gasteiger partial charge in [-0.15, -0.1) is 0 Å². The maximum absolute atomic E-state index is 12.2. The molecule has 2 aliphatic rings. The quantitative estimate of drug-likeness (QED) is 0.577. The third-order valence-corrected chi connectivity index (χ3v) is 4.31. The second kappa shape index (κ2) is 6.77. The first-order chi connectivity index (χ1) is 11.6. The fourth-order valence-electron chi connectivity index (χ4n) is 2.90. The lowest BCUT2D eigenvalue weighted by atomic mass is 10.1. The second-order valence-corrected chi connectivity index (χ2v) is 6.01. The summed E-state index contributed by atoms with van der Waals surface area (Å²) in [5.74, 6) is -1.23. The van der Waals surface area contributed by atoms with Crippen molar-refractivity contribution in [2.75, 3.05) is 18.0 Å². The molecule has 2 fully saturated rings. The van der Waals surface area contributed by atoms with E-state index in [4.69, 9.17) is 0 Å². The van der Waals surface area contributed by atoms with E-state index in [9.17, 15) is 19.2 Å². The molecule has 2 N–H and O–H groups in total. The van der Waals surface area contributed by atoms with Crippen LogP contribution in [0.4, 0.5) is 5.69 Å². The SMILES string of the molecule is O=C[C@H]1CCN(c2ccc(C(=O)N[C@H]3CCC(=O)NC3=O)nc2)C1. The average molecular weight is 330 g/mol. The Kier molecular flexibility index (Phi) is 4.54. The Morgan fingerprint density at radius 1 is 1.33 bits per heavy atom. The van der Waals surface area contributed by atoms with Gasteiger partial charge in [-0.2, -0.15) is 0 Å². The standard InChI is InChI=1S/C16H18N4O4/c21-9-10-5-6-20(8-10)11-1-2-12(17-7-11)15(23)18-13-3-4-14(22)19-16(13)24/h1-2,7,9-10,13H,3-6,8H2,(H,18,23)(H,19,22,24)/t10-,13-/m0/s1. The van der Waals surface area contributed by atoms with Crippen LogP contribution in [0.25, 0.3) is 0 Å². The summed E-state index contributed by atoms with van der Waals surface area (Å²) in [6, 6.07) is 2.65. The molecule has 8 heteroatoms. The number of aromatic nitrogens is 1. The van der Waals surface area contributed by atoms with Crippen molar-refractivity contribution in [2.45, 2.75) is 25.3 Å². The molecule has 1 aromatic rings. The van der Waals surface area contributed by atoms with E-state index in [1.54, 1.807) is 18.3 Å². The van der Waals surface area contributed by atoms with Crippen LogP contribution in [0.5, 0.6) is 0 Å². The molecule has 1 aromatic heterocycles. The van der Waals surface area contributed by atoms with Gasteiger partial charge in [0.1, 0.15) is 18.0 Å². The Labute approximate surface area is 138 Å². The average Bonchev–Trinajstić information content (AvgIpc) is 3.06. The minimum absolute atomic E-state index is 0.0421. The lowest BCUT2D eigenvalue weighted by Gasteiger charge is -2.22. The second-order valence-electron chi connectivity index (χ2n) is 6.01. The highest BCUT2D eigenvalue weighted by atomic mass is 16.2. The zero-order chi connectivity index (χ0) is 17.1. The van der Waals surface area contributed by atoms with Crippen LogP contribution in [0.2, 0.25) is 0 Å². The number of nitrogens with one attached hydrogen (secondary N) is 2. The van der Waals surface area contributed by atoms with Gasteiger partial charge in [-0.1, -0.05) is 0 Å². The Hall–Kier alpha value is -2.77. The molecule has 126 valence electrons. The summed E-state index contributed by atoms with van der Waals surface area (Å²) in [6.07, 6.45) is 3.87. The number of carbonyl (C=O) groups excluding carboxylic acids is 4. The first-order valence-electron chi connectivity index (χ1n) is 7.87. The monoisotopic (exact) mass is 330 g/mol. The van der Waals surface area contributed by atoms with Crippen molar-refractivity contribution in [3.63, 3.8) is 0 Å². The molecule has 2 atom stereocenters. The predicted molar refractivity (Wildman–Crippen MR) is 84.3 cm³/mol. The summed E-state index contributed by atoms with van der Waals surface area (Å²) in [6.45, 7) is 1.44. The van der Waals surface area contributed by atoms with E-state index in [1.165, 1.54) is 0 Å². The fourth-order valence-corrected chi connectivity index (χ4v) is 2.90. The molecule has 3 amide bonds. The number of hydrogen-bond acceptors (Lipinski definition) is 6. The van der Waals surface area contributed by atoms with Gasteiger partial charge in [0.05, 0.1) is 11.9 Å². The normalized spacial score (nSPS) is 23.8. The number of nitrogens with zero attached hydrogens (tertiary/aromatic N) is 2. The van der Waals surface area contributed by atoms with Crippen LogP contribution < -0.4 is 15.5 Å². The molecule has 0 radical (unpaired) electrons. The van der Waals surface area contributed by atoms with Gasteiger partial charge in [-0.3, -0.25) is 19.7 Å². The number of rotatable bonds is 4. The summed E-state index contributed by atoms with van der Waals surface area (Å²) >= 11 is 0. The largest absolute Gasteiger partial charge is 0.370 e. The predicted octanol–water partition coefficient (Wildman–Crippen LogP) is -0.358. The van der Waals surface area contributed by atoms with Gasteiger partial charge in [0.15, 0.2) is 0 Å². The molecule has 0 spiro atoms. The molecule has 0 saturated carbocycles. The van der Waals surface area contributed by atoms with Crippen molar-refractivity contribution in [3.8, 4) is 0 Å². The number of amides is 3. The first kappa shape index (κ1) is 16.1. The molecule has 3 heterocycles. The summed E-state index contributed by atoms with van der Waals surface area (Å²) in [7, 11) is 0. The van der Waals surface area contributed by atoms with E-state index in [-0.39, 0.29) is 30.4 Å². The third-order valence-electron chi connectivity index (χ3n) is 4.31. The number of aldehydes is 1. The molecule has 24 heavy (non-hydrogen) atoms. The van der Waals surface area contributed by atoms with Gasteiger partial charge in [-0.25, -0.2) is 4.98 Å². The zero-order valence-electron chi connectivity index (χ0n) is 13.0. The number of imide groups is 1. The van der Waals surface area contributed by atoms with E-state index in [1.807, 2.05) is 4.90 Å². The maximum atomic E-state index is 12.2. The maximum Gasteiger partial charge on any atom is 0.270 e. The summed E-state index contributed by atoms with van der Waals surface area (Å²) in [5, 5.41) is 4.78. The van der Waals surface area contributed by atoms with Gasteiger partial charge in [0.2, 0.25) is 11.8 Å². The van der Waals surface area contributed by atoms with Crippen molar-refractivity contribution >= 4 is 29.7 Å². The van der Waals surface area contributed by atoms with E-state index in [2.05, 4.69) is 15.6 Å². The Balaban J connectivity index is 1.61. The highest BCUT2D eigenvalue weighted by Gasteiger charge is 2.28. The van der Waals surface area contributed by atoms with Crippen LogP contribution in [0, 0.1) is 5.92 Å². The number of hydrogen-bond donors (Lipinski definition) is 2. The van der Waals surface area contributed by atoms with Crippen LogP contribution in [0.3, 0.4) is 0 Å². The van der Waals surface area contributed by atoms with Crippen molar-refractivity contribution in [3.05, 3.63) is 24.0 Å². The number of carbonyl (C=O) groups is 4. The van der Waals surface area contributed by atoms with Crippen LogP contribution in [-0.2, 0) is 14.4 Å². The van der Waals surface area contributed by atoms with Gasteiger partial charge in [0.25, 0.3) is 5.91 Å². The minimum atomic E-state index is -0.719. The van der Waals surface area contributed by atoms with Crippen LogP contribution in [-0.4, -0.2) is 48.1 Å². The summed E-state index contributed by atoms with van der Waals surface area (Å²) in [4.78, 5) is 51.9. The molecule has 0 bridgehead atoms. The topological polar surface area (TPSA) is 108 Å². The highest BCUT2D eigenvalue weighted by molar-refractivity contribution is 6.03. The van der Waals surface area contributed by atoms with E-state index in [0.29, 0.717) is 6.54 Å². The van der Waals surface area contributed by atoms with Crippen LogP contribution >= 0.6 is 0 Å². The first-order valence-corrected chi connectivity index (χ1v) is 7.87. The number of pyridine rings is 1. The third kappa shape index (κ3) is 3.42. The molecule has 0 aromatic carbocycles. The van der Waals surface area contributed by atoms with E-state index >= 15 is 0 Å². The molecular weight excluding hydrogens is 312 g/mol. The van der Waals surface area contributed by atoms with Crippen molar-refractivity contribution in [2.24, 2.45) is 5.92 Å². The number of piperidine rings is 1. The van der Waals surface area contributed by atoms with Crippen LogP contribution in [0.1, 0.15) is 29.8 Å². The van der Waals surface area contributed by atoms with E-state index in [0.717, 1.165) is 24.9 Å². The summed E-state index contributed by atoms with van der Waals surface area (Å²) in [5.41, 5.74) is 1.06. The van der Waals surface area contributed by atoms with Gasteiger partial charge >= 0.3 is 0 Å². The lowest BCUT2D eigenvalue weighted by molar-refractivity contribution is -0.134. The summed E-state index contributed by atoms with van der Waals surface area (Å²) < 4.78 is 0. The molecule has 8 nitrogen and oxygen atoms in total. The molecule has 0 unspecified atom stereocenters. The highest BCUT2D eigenvalue weighted by Crippen LogP contribution is 2.22. The molecule has 0 aliphatic carbocycles. The Morgan fingerprint density at radius 3 is 2.79 bits per heavy atom. The molecular formula is C16H18N4O4.